The number of benzene rings is 2. The number of morpholine rings is 1. The average molecular weight is 406 g/mol. The molecule has 0 radical (unpaired) electrons. The molecular formula is C25H28FN3O. The minimum absolute atomic E-state index is 0.0570. The van der Waals surface area contributed by atoms with Crippen LogP contribution in [0, 0.1) is 17.1 Å². The van der Waals surface area contributed by atoms with Crippen LogP contribution in [-0.4, -0.2) is 32.3 Å². The largest absolute Gasteiger partial charge is 0.387 e. The lowest BCUT2D eigenvalue weighted by Crippen LogP contribution is -2.39. The van der Waals surface area contributed by atoms with E-state index in [-0.39, 0.29) is 11.7 Å². The highest BCUT2D eigenvalue weighted by Gasteiger charge is 2.20. The van der Waals surface area contributed by atoms with Gasteiger partial charge in [-0.05, 0) is 40.0 Å². The zero-order chi connectivity index (χ0) is 21.3. The number of nitrogens with zero attached hydrogens (tertiary/aromatic N) is 1. The first-order chi connectivity index (χ1) is 14.8. The van der Waals surface area contributed by atoms with Crippen LogP contribution in [0.15, 0.2) is 54.8 Å². The van der Waals surface area contributed by atoms with Gasteiger partial charge in [0, 0.05) is 32.3 Å². The molecule has 1 saturated heterocycles. The number of halogens is 1. The highest BCUT2D eigenvalue weighted by Crippen LogP contribution is 2.34. The molecule has 2 aliphatic rings. The van der Waals surface area contributed by atoms with Gasteiger partial charge in [0.25, 0.3) is 0 Å². The van der Waals surface area contributed by atoms with Crippen LogP contribution in [-0.2, 0) is 11.2 Å². The number of nitriles is 1. The fraction of sp³-hybridized carbons (Fsp3) is 0.320. The van der Waals surface area contributed by atoms with Crippen LogP contribution in [0.1, 0.15) is 30.5 Å². The number of hydrogen-bond donors (Lipinski definition) is 2. The predicted molar refractivity (Wildman–Crippen MR) is 119 cm³/mol. The molecule has 0 saturated carbocycles. The van der Waals surface area contributed by atoms with Gasteiger partial charge in [-0.25, -0.2) is 4.39 Å². The molecule has 2 aromatic carbocycles. The van der Waals surface area contributed by atoms with Crippen LogP contribution in [0.5, 0.6) is 0 Å². The van der Waals surface area contributed by atoms with Gasteiger partial charge in [-0.2, -0.15) is 5.26 Å². The van der Waals surface area contributed by atoms with Crippen molar-refractivity contribution in [3.63, 3.8) is 0 Å². The number of dihydropyridines is 1. The molecular weight excluding hydrogens is 377 g/mol. The number of allylic oxidation sites excluding steroid dienone is 2. The molecule has 5 heteroatoms. The van der Waals surface area contributed by atoms with E-state index in [1.54, 1.807) is 6.07 Å². The van der Waals surface area contributed by atoms with E-state index in [0.717, 1.165) is 53.9 Å². The number of nitrogens with one attached hydrogen (secondary N) is 2. The number of rotatable bonds is 4. The van der Waals surface area contributed by atoms with Crippen LogP contribution in [0.4, 0.5) is 4.39 Å². The summed E-state index contributed by atoms with van der Waals surface area (Å²) < 4.78 is 20.2. The summed E-state index contributed by atoms with van der Waals surface area (Å²) in [5.41, 5.74) is 5.06. The van der Waals surface area contributed by atoms with E-state index in [2.05, 4.69) is 28.9 Å². The van der Waals surface area contributed by atoms with Gasteiger partial charge >= 0.3 is 0 Å². The van der Waals surface area contributed by atoms with Gasteiger partial charge in [0.2, 0.25) is 0 Å². The second kappa shape index (κ2) is 10.7. The molecule has 2 aromatic rings. The van der Waals surface area contributed by atoms with Crippen molar-refractivity contribution in [2.45, 2.75) is 26.4 Å². The molecule has 2 N–H and O–H groups in total. The first-order valence-corrected chi connectivity index (χ1v) is 10.5. The third kappa shape index (κ3) is 4.96. The summed E-state index contributed by atoms with van der Waals surface area (Å²) >= 11 is 0. The second-order valence-electron chi connectivity index (χ2n) is 6.96. The van der Waals surface area contributed by atoms with Gasteiger partial charge in [-0.15, -0.1) is 0 Å². The molecule has 30 heavy (non-hydrogen) atoms. The topological polar surface area (TPSA) is 57.1 Å². The Morgan fingerprint density at radius 1 is 1.23 bits per heavy atom. The van der Waals surface area contributed by atoms with Crippen LogP contribution in [0.3, 0.4) is 0 Å². The van der Waals surface area contributed by atoms with Crippen LogP contribution in [0.25, 0.3) is 16.7 Å². The van der Waals surface area contributed by atoms with Crippen LogP contribution in [0.2, 0.25) is 0 Å². The average Bonchev–Trinajstić information content (AvgIpc) is 2.81. The standard InChI is InChI=1S/C23H22FN3O.C2H6/c24-22-12-16(6-7-18(22)13-25)21-5-1-3-17(11-20-15-27-9-10-28-20)23(21)19-4-2-8-26-14-19;1-2/h1-7,12,14,20,26-27H,8-11,15H2;1-2H3. The van der Waals surface area contributed by atoms with Gasteiger partial charge in [-0.1, -0.05) is 50.3 Å². The molecule has 2 heterocycles. The summed E-state index contributed by atoms with van der Waals surface area (Å²) in [6, 6.07) is 12.8. The van der Waals surface area contributed by atoms with E-state index < -0.39 is 5.82 Å². The van der Waals surface area contributed by atoms with Gasteiger partial charge in [0.1, 0.15) is 11.9 Å². The second-order valence-corrected chi connectivity index (χ2v) is 6.96. The summed E-state index contributed by atoms with van der Waals surface area (Å²) in [7, 11) is 0. The number of hydrogen-bond acceptors (Lipinski definition) is 4. The quantitative estimate of drug-likeness (QED) is 0.791. The Labute approximate surface area is 178 Å². The Kier molecular flexibility index (Phi) is 7.78. The summed E-state index contributed by atoms with van der Waals surface area (Å²) in [4.78, 5) is 0. The van der Waals surface area contributed by atoms with Crippen molar-refractivity contribution >= 4 is 5.57 Å². The maximum Gasteiger partial charge on any atom is 0.141 e. The maximum absolute atomic E-state index is 14.3. The van der Waals surface area contributed by atoms with Crippen molar-refractivity contribution in [3.05, 3.63) is 77.3 Å². The third-order valence-corrected chi connectivity index (χ3v) is 5.08. The lowest BCUT2D eigenvalue weighted by Gasteiger charge is -2.26. The molecule has 0 bridgehead atoms. The summed E-state index contributed by atoms with van der Waals surface area (Å²) in [6.07, 6.45) is 7.07. The van der Waals surface area contributed by atoms with E-state index >= 15 is 0 Å². The fourth-order valence-corrected chi connectivity index (χ4v) is 3.75. The van der Waals surface area contributed by atoms with Gasteiger partial charge in [0.05, 0.1) is 18.3 Å². The third-order valence-electron chi connectivity index (χ3n) is 5.08. The van der Waals surface area contributed by atoms with Crippen LogP contribution < -0.4 is 10.6 Å². The monoisotopic (exact) mass is 405 g/mol. The summed E-state index contributed by atoms with van der Waals surface area (Å²) in [5.74, 6) is -0.498. The van der Waals surface area contributed by atoms with Crippen molar-refractivity contribution in [1.82, 2.24) is 10.6 Å². The molecule has 1 unspecified atom stereocenters. The normalized spacial score (nSPS) is 17.8. The SMILES string of the molecule is CC.N#Cc1ccc(-c2cccc(CC3CNCCO3)c2C2=CNCC=C2)cc1F. The van der Waals surface area contributed by atoms with E-state index in [9.17, 15) is 4.39 Å². The zero-order valence-corrected chi connectivity index (χ0v) is 17.5. The van der Waals surface area contributed by atoms with Crippen molar-refractivity contribution in [2.24, 2.45) is 0 Å². The Hall–Kier alpha value is -2.94. The molecule has 4 rings (SSSR count). The molecule has 1 fully saturated rings. The molecule has 1 atom stereocenters. The lowest BCUT2D eigenvalue weighted by atomic mass is 9.87. The highest BCUT2D eigenvalue weighted by atomic mass is 19.1. The van der Waals surface area contributed by atoms with Gasteiger partial charge < -0.3 is 15.4 Å². The zero-order valence-electron chi connectivity index (χ0n) is 17.5. The maximum atomic E-state index is 14.3. The van der Waals surface area contributed by atoms with Gasteiger partial charge in [-0.3, -0.25) is 0 Å². The Balaban J connectivity index is 0.00000124. The van der Waals surface area contributed by atoms with E-state index in [1.807, 2.05) is 44.3 Å². The first kappa shape index (κ1) is 21.8. The molecule has 0 aliphatic carbocycles. The minimum Gasteiger partial charge on any atom is -0.387 e. The predicted octanol–water partition coefficient (Wildman–Crippen LogP) is 4.42. The summed E-state index contributed by atoms with van der Waals surface area (Å²) in [6.45, 7) is 7.21. The Bertz CT molecular complexity index is 969. The highest BCUT2D eigenvalue weighted by molar-refractivity contribution is 5.87. The van der Waals surface area contributed by atoms with Crippen molar-refractivity contribution < 1.29 is 9.13 Å². The van der Waals surface area contributed by atoms with Gasteiger partial charge in [0.15, 0.2) is 0 Å². The minimum atomic E-state index is -0.498. The lowest BCUT2D eigenvalue weighted by molar-refractivity contribution is 0.0292. The van der Waals surface area contributed by atoms with E-state index in [1.165, 1.54) is 6.07 Å². The van der Waals surface area contributed by atoms with E-state index in [4.69, 9.17) is 10.00 Å². The first-order valence-electron chi connectivity index (χ1n) is 10.5. The molecule has 156 valence electrons. The molecule has 0 spiro atoms. The summed E-state index contributed by atoms with van der Waals surface area (Å²) in [5, 5.41) is 15.7. The van der Waals surface area contributed by atoms with E-state index in [0.29, 0.717) is 6.61 Å². The van der Waals surface area contributed by atoms with Crippen molar-refractivity contribution in [2.75, 3.05) is 26.2 Å². The fourth-order valence-electron chi connectivity index (χ4n) is 3.75. The smallest absolute Gasteiger partial charge is 0.141 e. The Morgan fingerprint density at radius 3 is 2.77 bits per heavy atom. The Morgan fingerprint density at radius 2 is 2.10 bits per heavy atom. The molecule has 0 aromatic heterocycles. The van der Waals surface area contributed by atoms with Crippen LogP contribution >= 0.6 is 0 Å². The molecule has 2 aliphatic heterocycles. The van der Waals surface area contributed by atoms with Crippen molar-refractivity contribution in [1.29, 1.82) is 5.26 Å². The molecule has 0 amide bonds. The molecule has 4 nitrogen and oxygen atoms in total. The van der Waals surface area contributed by atoms with Crippen molar-refractivity contribution in [3.8, 4) is 17.2 Å². The number of ether oxygens (including phenoxy) is 1.